The summed E-state index contributed by atoms with van der Waals surface area (Å²) in [6.07, 6.45) is 0.224. The van der Waals surface area contributed by atoms with Crippen LogP contribution in [0.5, 0.6) is 0 Å². The Morgan fingerprint density at radius 1 is 1.42 bits per heavy atom. The molecule has 2 rings (SSSR count). The molecule has 1 heterocycles. The first-order valence-corrected chi connectivity index (χ1v) is 6.20. The summed E-state index contributed by atoms with van der Waals surface area (Å²) in [4.78, 5) is 24.0. The highest BCUT2D eigenvalue weighted by Gasteiger charge is 2.32. The van der Waals surface area contributed by atoms with Crippen molar-refractivity contribution in [1.82, 2.24) is 0 Å². The van der Waals surface area contributed by atoms with E-state index in [9.17, 15) is 18.4 Å². The lowest BCUT2D eigenvalue weighted by Crippen LogP contribution is -2.27. The molecule has 4 nitrogen and oxygen atoms in total. The van der Waals surface area contributed by atoms with Gasteiger partial charge in [0.05, 0.1) is 11.3 Å². The van der Waals surface area contributed by atoms with Gasteiger partial charge in [-0.05, 0) is 17.7 Å². The lowest BCUT2D eigenvalue weighted by atomic mass is 10.1. The van der Waals surface area contributed by atoms with Crippen molar-refractivity contribution in [3.8, 4) is 0 Å². The molecule has 1 unspecified atom stereocenters. The van der Waals surface area contributed by atoms with Crippen molar-refractivity contribution in [1.29, 1.82) is 0 Å². The zero-order chi connectivity index (χ0) is 14.2. The van der Waals surface area contributed by atoms with Crippen LogP contribution in [0.3, 0.4) is 0 Å². The fraction of sp³-hybridized carbons (Fsp3) is 0.333. The lowest BCUT2D eigenvalue weighted by Gasteiger charge is -2.19. The quantitative estimate of drug-likeness (QED) is 0.835. The van der Waals surface area contributed by atoms with Crippen LogP contribution in [-0.4, -0.2) is 29.3 Å². The summed E-state index contributed by atoms with van der Waals surface area (Å²) in [5.41, 5.74) is -0.534. The Labute approximate surface area is 113 Å². The molecule has 1 saturated heterocycles. The second-order valence-electron chi connectivity index (χ2n) is 4.35. The molecule has 0 radical (unpaired) electrons. The number of carboxylic acid groups (broad SMARTS) is 1. The first-order valence-electron chi connectivity index (χ1n) is 5.57. The smallest absolute Gasteiger partial charge is 0.337 e. The van der Waals surface area contributed by atoms with Gasteiger partial charge in [0.15, 0.2) is 11.6 Å². The summed E-state index contributed by atoms with van der Waals surface area (Å²) in [6.45, 7) is 0.258. The molecule has 1 amide bonds. The van der Waals surface area contributed by atoms with Gasteiger partial charge >= 0.3 is 5.97 Å². The molecule has 102 valence electrons. The third-order valence-electron chi connectivity index (χ3n) is 3.02. The SMILES string of the molecule is O=C(O)c1cc(F)c(F)cc1N1CC(CS)CC1=O. The second-order valence-corrected chi connectivity index (χ2v) is 4.71. The van der Waals surface area contributed by atoms with E-state index in [0.29, 0.717) is 11.8 Å². The molecule has 0 saturated carbocycles. The normalized spacial score (nSPS) is 19.0. The highest BCUT2D eigenvalue weighted by molar-refractivity contribution is 7.80. The molecule has 0 bridgehead atoms. The Bertz CT molecular complexity index is 550. The van der Waals surface area contributed by atoms with Gasteiger partial charge in [-0.1, -0.05) is 0 Å². The number of carbonyl (C=O) groups is 2. The van der Waals surface area contributed by atoms with Crippen LogP contribution in [-0.2, 0) is 4.79 Å². The molecule has 0 aliphatic carbocycles. The number of hydrogen-bond acceptors (Lipinski definition) is 3. The van der Waals surface area contributed by atoms with Gasteiger partial charge < -0.3 is 10.0 Å². The zero-order valence-electron chi connectivity index (χ0n) is 9.77. The number of anilines is 1. The highest BCUT2D eigenvalue weighted by atomic mass is 32.1. The first-order chi connectivity index (χ1) is 8.93. The Hall–Kier alpha value is -1.63. The number of carboxylic acids is 1. The summed E-state index contributed by atoms with van der Waals surface area (Å²) in [5, 5.41) is 9.01. The van der Waals surface area contributed by atoms with Crippen LogP contribution in [0, 0.1) is 17.6 Å². The van der Waals surface area contributed by atoms with E-state index >= 15 is 0 Å². The van der Waals surface area contributed by atoms with E-state index < -0.39 is 23.2 Å². The predicted molar refractivity (Wildman–Crippen MR) is 67.6 cm³/mol. The number of halogens is 2. The van der Waals surface area contributed by atoms with E-state index in [0.717, 1.165) is 6.07 Å². The number of amides is 1. The van der Waals surface area contributed by atoms with Crippen molar-refractivity contribution >= 4 is 30.2 Å². The Kier molecular flexibility index (Phi) is 3.75. The van der Waals surface area contributed by atoms with Crippen LogP contribution in [0.1, 0.15) is 16.8 Å². The average molecular weight is 287 g/mol. The molecule has 7 heteroatoms. The van der Waals surface area contributed by atoms with Gasteiger partial charge in [0.1, 0.15) is 0 Å². The highest BCUT2D eigenvalue weighted by Crippen LogP contribution is 2.30. The number of nitrogens with zero attached hydrogens (tertiary/aromatic N) is 1. The molecular weight excluding hydrogens is 276 g/mol. The van der Waals surface area contributed by atoms with E-state index in [4.69, 9.17) is 5.11 Å². The minimum absolute atomic E-state index is 0.0226. The maximum absolute atomic E-state index is 13.3. The lowest BCUT2D eigenvalue weighted by molar-refractivity contribution is -0.117. The number of hydrogen-bond donors (Lipinski definition) is 2. The van der Waals surface area contributed by atoms with Gasteiger partial charge in [0, 0.05) is 19.0 Å². The number of thiol groups is 1. The van der Waals surface area contributed by atoms with Crippen molar-refractivity contribution in [2.75, 3.05) is 17.2 Å². The van der Waals surface area contributed by atoms with Gasteiger partial charge in [-0.3, -0.25) is 4.79 Å². The minimum Gasteiger partial charge on any atom is -0.478 e. The van der Waals surface area contributed by atoms with Crippen molar-refractivity contribution in [3.63, 3.8) is 0 Å². The predicted octanol–water partition coefficient (Wildman–Crippen LogP) is 1.95. The van der Waals surface area contributed by atoms with Crippen LogP contribution in [0.15, 0.2) is 12.1 Å². The van der Waals surface area contributed by atoms with Crippen LogP contribution >= 0.6 is 12.6 Å². The minimum atomic E-state index is -1.41. The van der Waals surface area contributed by atoms with Crippen molar-refractivity contribution in [2.45, 2.75) is 6.42 Å². The largest absolute Gasteiger partial charge is 0.478 e. The molecule has 1 aromatic rings. The fourth-order valence-electron chi connectivity index (χ4n) is 2.07. The molecule has 1 atom stereocenters. The third kappa shape index (κ3) is 2.56. The molecular formula is C12H11F2NO3S. The van der Waals surface area contributed by atoms with Crippen molar-refractivity contribution in [2.24, 2.45) is 5.92 Å². The molecule has 1 fully saturated rings. The van der Waals surface area contributed by atoms with Crippen LogP contribution < -0.4 is 4.90 Å². The zero-order valence-corrected chi connectivity index (χ0v) is 10.7. The topological polar surface area (TPSA) is 57.6 Å². The summed E-state index contributed by atoms with van der Waals surface area (Å²) >= 11 is 4.08. The Morgan fingerprint density at radius 2 is 2.05 bits per heavy atom. The summed E-state index contributed by atoms with van der Waals surface area (Å²) in [5.74, 6) is -3.70. The van der Waals surface area contributed by atoms with Crippen LogP contribution in [0.2, 0.25) is 0 Å². The van der Waals surface area contributed by atoms with Gasteiger partial charge in [-0.25, -0.2) is 13.6 Å². The first kappa shape index (κ1) is 13.8. The van der Waals surface area contributed by atoms with E-state index in [2.05, 4.69) is 12.6 Å². The van der Waals surface area contributed by atoms with Gasteiger partial charge in [-0.15, -0.1) is 0 Å². The number of benzene rings is 1. The van der Waals surface area contributed by atoms with Gasteiger partial charge in [0.2, 0.25) is 5.91 Å². The van der Waals surface area contributed by atoms with Crippen molar-refractivity contribution in [3.05, 3.63) is 29.3 Å². The number of carbonyl (C=O) groups excluding carboxylic acids is 1. The summed E-state index contributed by atoms with van der Waals surface area (Å²) in [6, 6.07) is 1.34. The number of aromatic carboxylic acids is 1. The molecule has 1 aromatic carbocycles. The average Bonchev–Trinajstić information content (AvgIpc) is 2.73. The Morgan fingerprint density at radius 3 is 2.58 bits per heavy atom. The maximum atomic E-state index is 13.3. The molecule has 1 aliphatic rings. The van der Waals surface area contributed by atoms with Crippen LogP contribution in [0.25, 0.3) is 0 Å². The van der Waals surface area contributed by atoms with Gasteiger partial charge in [0.25, 0.3) is 0 Å². The summed E-state index contributed by atoms with van der Waals surface area (Å²) < 4.78 is 26.4. The van der Waals surface area contributed by atoms with Gasteiger partial charge in [-0.2, -0.15) is 12.6 Å². The second kappa shape index (κ2) is 5.16. The van der Waals surface area contributed by atoms with E-state index in [1.807, 2.05) is 0 Å². The third-order valence-corrected chi connectivity index (χ3v) is 3.54. The van der Waals surface area contributed by atoms with Crippen LogP contribution in [0.4, 0.5) is 14.5 Å². The van der Waals surface area contributed by atoms with E-state index in [1.54, 1.807) is 0 Å². The molecule has 0 spiro atoms. The molecule has 1 aliphatic heterocycles. The number of rotatable bonds is 3. The Balaban J connectivity index is 2.47. The molecule has 19 heavy (non-hydrogen) atoms. The van der Waals surface area contributed by atoms with E-state index in [-0.39, 0.29) is 30.5 Å². The van der Waals surface area contributed by atoms with E-state index in [1.165, 1.54) is 4.90 Å². The monoisotopic (exact) mass is 287 g/mol. The maximum Gasteiger partial charge on any atom is 0.337 e. The van der Waals surface area contributed by atoms with Crippen molar-refractivity contribution < 1.29 is 23.5 Å². The fourth-order valence-corrected chi connectivity index (χ4v) is 2.31. The molecule has 1 N–H and O–H groups in total. The standard InChI is InChI=1S/C12H11F2NO3S/c13-8-2-7(12(17)18)10(3-9(8)14)15-4-6(5-19)1-11(15)16/h2-3,6,19H,1,4-5H2,(H,17,18). The molecule has 0 aromatic heterocycles. The summed E-state index contributed by atoms with van der Waals surface area (Å²) in [7, 11) is 0.